The fourth-order valence-electron chi connectivity index (χ4n) is 2.62. The number of benzene rings is 1. The van der Waals surface area contributed by atoms with E-state index in [-0.39, 0.29) is 12.1 Å². The first-order valence-electron chi connectivity index (χ1n) is 9.22. The van der Waals surface area contributed by atoms with E-state index in [0.717, 1.165) is 6.42 Å². The van der Waals surface area contributed by atoms with Crippen LogP contribution in [0.2, 0.25) is 0 Å². The van der Waals surface area contributed by atoms with Gasteiger partial charge >= 0.3 is 12.1 Å². The fraction of sp³-hybridized carbons (Fsp3) is 0.600. The van der Waals surface area contributed by atoms with Gasteiger partial charge in [0.15, 0.2) is 0 Å². The van der Waals surface area contributed by atoms with E-state index in [1.807, 2.05) is 41.5 Å². The molecular weight excluding hydrogens is 346 g/mol. The molecule has 0 saturated carbocycles. The number of carbonyl (C=O) groups is 2. The van der Waals surface area contributed by atoms with Crippen molar-refractivity contribution in [2.75, 3.05) is 24.1 Å². The first-order valence-corrected chi connectivity index (χ1v) is 9.22. The molecule has 0 spiro atoms. The van der Waals surface area contributed by atoms with E-state index in [0.29, 0.717) is 30.0 Å². The maximum absolute atomic E-state index is 12.2. The van der Waals surface area contributed by atoms with Gasteiger partial charge in [-0.3, -0.25) is 0 Å². The Morgan fingerprint density at radius 2 is 1.78 bits per heavy atom. The molecule has 1 aliphatic heterocycles. The molecule has 1 aliphatic rings. The lowest BCUT2D eigenvalue weighted by Gasteiger charge is -2.41. The summed E-state index contributed by atoms with van der Waals surface area (Å²) >= 11 is 0. The van der Waals surface area contributed by atoms with E-state index in [2.05, 4.69) is 5.32 Å². The lowest BCUT2D eigenvalue weighted by molar-refractivity contribution is -0.00283. The van der Waals surface area contributed by atoms with Crippen molar-refractivity contribution in [2.24, 2.45) is 0 Å². The Balaban J connectivity index is 1.98. The first-order chi connectivity index (χ1) is 12.4. The van der Waals surface area contributed by atoms with Crippen molar-refractivity contribution < 1.29 is 19.1 Å². The zero-order chi connectivity index (χ0) is 20.4. The van der Waals surface area contributed by atoms with Crippen LogP contribution in [0.25, 0.3) is 0 Å². The summed E-state index contributed by atoms with van der Waals surface area (Å²) in [5, 5.41) is 3.24. The molecule has 0 aliphatic carbocycles. The SMILES string of the molecule is CC(C)(C)OC(=O)c1ccc(N)c(NC[C@H]2CCN2C(=O)OC(C)(C)C)c1. The Morgan fingerprint density at radius 1 is 1.15 bits per heavy atom. The Kier molecular flexibility index (Phi) is 5.92. The summed E-state index contributed by atoms with van der Waals surface area (Å²) in [6.07, 6.45) is 0.578. The van der Waals surface area contributed by atoms with Gasteiger partial charge in [-0.05, 0) is 66.2 Å². The van der Waals surface area contributed by atoms with Crippen LogP contribution in [-0.2, 0) is 9.47 Å². The van der Waals surface area contributed by atoms with Crippen molar-refractivity contribution in [1.82, 2.24) is 4.90 Å². The average molecular weight is 377 g/mol. The highest BCUT2D eigenvalue weighted by atomic mass is 16.6. The zero-order valence-corrected chi connectivity index (χ0v) is 17.1. The van der Waals surface area contributed by atoms with E-state index in [1.165, 1.54) is 0 Å². The third kappa shape index (κ3) is 6.05. The molecule has 0 unspecified atom stereocenters. The molecule has 150 valence electrons. The maximum atomic E-state index is 12.2. The zero-order valence-electron chi connectivity index (χ0n) is 17.1. The van der Waals surface area contributed by atoms with Crippen LogP contribution >= 0.6 is 0 Å². The van der Waals surface area contributed by atoms with Crippen LogP contribution in [0.1, 0.15) is 58.3 Å². The molecule has 7 nitrogen and oxygen atoms in total. The van der Waals surface area contributed by atoms with Crippen LogP contribution in [-0.4, -0.2) is 47.3 Å². The number of likely N-dealkylation sites (tertiary alicyclic amines) is 1. The number of carbonyl (C=O) groups excluding carboxylic acids is 2. The van der Waals surface area contributed by atoms with Gasteiger partial charge in [0, 0.05) is 13.1 Å². The highest BCUT2D eigenvalue weighted by molar-refractivity contribution is 5.92. The van der Waals surface area contributed by atoms with Crippen LogP contribution in [0.15, 0.2) is 18.2 Å². The van der Waals surface area contributed by atoms with Crippen molar-refractivity contribution in [2.45, 2.75) is 65.2 Å². The van der Waals surface area contributed by atoms with Crippen molar-refractivity contribution in [3.05, 3.63) is 23.8 Å². The van der Waals surface area contributed by atoms with Crippen LogP contribution in [0.4, 0.5) is 16.2 Å². The molecule has 1 aromatic carbocycles. The number of nitrogens with two attached hydrogens (primary N) is 1. The van der Waals surface area contributed by atoms with E-state index in [4.69, 9.17) is 15.2 Å². The number of rotatable bonds is 4. The summed E-state index contributed by atoms with van der Waals surface area (Å²) < 4.78 is 10.8. The largest absolute Gasteiger partial charge is 0.456 e. The summed E-state index contributed by atoms with van der Waals surface area (Å²) in [7, 11) is 0. The molecule has 0 bridgehead atoms. The van der Waals surface area contributed by atoms with E-state index in [9.17, 15) is 9.59 Å². The van der Waals surface area contributed by atoms with Crippen molar-refractivity contribution in [3.63, 3.8) is 0 Å². The van der Waals surface area contributed by atoms with Gasteiger partial charge in [0.2, 0.25) is 0 Å². The van der Waals surface area contributed by atoms with Crippen molar-refractivity contribution in [1.29, 1.82) is 0 Å². The number of hydrogen-bond acceptors (Lipinski definition) is 6. The molecule has 0 radical (unpaired) electrons. The number of anilines is 2. The second kappa shape index (κ2) is 7.66. The second-order valence-corrected chi connectivity index (χ2v) is 8.80. The predicted molar refractivity (Wildman–Crippen MR) is 106 cm³/mol. The van der Waals surface area contributed by atoms with Gasteiger partial charge in [-0.2, -0.15) is 0 Å². The fourth-order valence-corrected chi connectivity index (χ4v) is 2.62. The molecule has 1 fully saturated rings. The smallest absolute Gasteiger partial charge is 0.410 e. The minimum Gasteiger partial charge on any atom is -0.456 e. The molecule has 1 saturated heterocycles. The highest BCUT2D eigenvalue weighted by Gasteiger charge is 2.35. The lowest BCUT2D eigenvalue weighted by Crippen LogP contribution is -2.55. The summed E-state index contributed by atoms with van der Waals surface area (Å²) in [6.45, 7) is 12.2. The number of nitrogen functional groups attached to an aromatic ring is 1. The van der Waals surface area contributed by atoms with Crippen molar-refractivity contribution >= 4 is 23.4 Å². The van der Waals surface area contributed by atoms with Gasteiger partial charge in [-0.1, -0.05) is 0 Å². The number of ether oxygens (including phenoxy) is 2. The minimum absolute atomic E-state index is 0.0319. The second-order valence-electron chi connectivity index (χ2n) is 8.80. The van der Waals surface area contributed by atoms with Crippen LogP contribution < -0.4 is 11.1 Å². The number of hydrogen-bond donors (Lipinski definition) is 2. The van der Waals surface area contributed by atoms with Crippen LogP contribution in [0.3, 0.4) is 0 Å². The van der Waals surface area contributed by atoms with E-state index < -0.39 is 17.2 Å². The molecule has 27 heavy (non-hydrogen) atoms. The van der Waals surface area contributed by atoms with E-state index in [1.54, 1.807) is 23.1 Å². The number of esters is 1. The van der Waals surface area contributed by atoms with Crippen LogP contribution in [0, 0.1) is 0 Å². The molecule has 0 aromatic heterocycles. The average Bonchev–Trinajstić information content (AvgIpc) is 2.44. The molecule has 2 rings (SSSR count). The first kappa shape index (κ1) is 20.9. The third-order valence-corrected chi connectivity index (χ3v) is 3.99. The van der Waals surface area contributed by atoms with Gasteiger partial charge in [0.05, 0.1) is 23.0 Å². The molecule has 3 N–H and O–H groups in total. The topological polar surface area (TPSA) is 93.9 Å². The van der Waals surface area contributed by atoms with Crippen molar-refractivity contribution in [3.8, 4) is 0 Å². The molecular formula is C20H31N3O4. The lowest BCUT2D eigenvalue weighted by atomic mass is 10.0. The third-order valence-electron chi connectivity index (χ3n) is 3.99. The predicted octanol–water partition coefficient (Wildman–Crippen LogP) is 3.65. The summed E-state index contributed by atoms with van der Waals surface area (Å²) in [5.41, 5.74) is 6.55. The highest BCUT2D eigenvalue weighted by Crippen LogP contribution is 2.25. The molecule has 7 heteroatoms. The number of nitrogens with zero attached hydrogens (tertiary/aromatic N) is 1. The normalized spacial score (nSPS) is 17.1. The quantitative estimate of drug-likeness (QED) is 0.614. The minimum atomic E-state index is -0.564. The summed E-state index contributed by atoms with van der Waals surface area (Å²) in [6, 6.07) is 5.03. The number of amides is 1. The van der Waals surface area contributed by atoms with Gasteiger partial charge < -0.3 is 25.4 Å². The molecule has 1 atom stereocenters. The Morgan fingerprint density at radius 3 is 2.30 bits per heavy atom. The molecule has 1 aromatic rings. The Labute approximate surface area is 161 Å². The maximum Gasteiger partial charge on any atom is 0.410 e. The van der Waals surface area contributed by atoms with E-state index >= 15 is 0 Å². The molecule has 1 amide bonds. The van der Waals surface area contributed by atoms with Gasteiger partial charge in [-0.25, -0.2) is 9.59 Å². The number of nitrogens with one attached hydrogen (secondary N) is 1. The summed E-state index contributed by atoms with van der Waals surface area (Å²) in [5.74, 6) is -0.399. The van der Waals surface area contributed by atoms with Gasteiger partial charge in [0.1, 0.15) is 11.2 Å². The van der Waals surface area contributed by atoms with Gasteiger partial charge in [0.25, 0.3) is 0 Å². The summed E-state index contributed by atoms with van der Waals surface area (Å²) in [4.78, 5) is 26.1. The molecule has 1 heterocycles. The monoisotopic (exact) mass is 377 g/mol. The van der Waals surface area contributed by atoms with Crippen LogP contribution in [0.5, 0.6) is 0 Å². The standard InChI is InChI=1S/C20H31N3O4/c1-19(2,3)26-17(24)13-7-8-15(21)16(11-13)22-12-14-9-10-23(14)18(25)27-20(4,5)6/h7-8,11,14,22H,9-10,12,21H2,1-6H3/t14-/m1/s1. The Hall–Kier alpha value is -2.44. The van der Waals surface area contributed by atoms with Gasteiger partial charge in [-0.15, -0.1) is 0 Å². The Bertz CT molecular complexity index is 704.